The Kier molecular flexibility index (Phi) is 15.8. The molecule has 0 aromatic carbocycles. The third-order valence-electron chi connectivity index (χ3n) is 0. The fourth-order valence-electron chi connectivity index (χ4n) is 0. The first kappa shape index (κ1) is 16.3. The van der Waals surface area contributed by atoms with Crippen molar-refractivity contribution in [3.05, 3.63) is 0 Å². The summed E-state index contributed by atoms with van der Waals surface area (Å²) in [7, 11) is -4.61. The standard InChI is InChI=1S/Dy.Gd.H4O4Si/c;;1-5(2,3)4/h;;1-4H. The van der Waals surface area contributed by atoms with Crippen molar-refractivity contribution in [3.63, 3.8) is 0 Å². The second kappa shape index (κ2) is 6.77. The van der Waals surface area contributed by atoms with E-state index in [0.29, 0.717) is 0 Å². The van der Waals surface area contributed by atoms with E-state index < -0.39 is 9.05 Å². The molecule has 0 aromatic rings. The third kappa shape index (κ3) is 54.4. The van der Waals surface area contributed by atoms with Crippen molar-refractivity contribution in [1.82, 2.24) is 0 Å². The average Bonchev–Trinajstić information content (AvgIpc) is 0.722. The van der Waals surface area contributed by atoms with E-state index in [4.69, 9.17) is 19.2 Å². The van der Waals surface area contributed by atoms with E-state index in [0.717, 1.165) is 0 Å². The van der Waals surface area contributed by atoms with Gasteiger partial charge in [-0.1, -0.05) is 0 Å². The molecule has 4 nitrogen and oxygen atoms in total. The van der Waals surface area contributed by atoms with Crippen molar-refractivity contribution in [2.45, 2.75) is 0 Å². The summed E-state index contributed by atoms with van der Waals surface area (Å²) < 4.78 is 0. The summed E-state index contributed by atoms with van der Waals surface area (Å²) in [6, 6.07) is 0. The van der Waals surface area contributed by atoms with E-state index in [1.165, 1.54) is 0 Å². The van der Waals surface area contributed by atoms with Gasteiger partial charge < -0.3 is 19.2 Å². The molecule has 7 heteroatoms. The Hall–Kier alpha value is 2.65. The van der Waals surface area contributed by atoms with Gasteiger partial charge in [-0.3, -0.25) is 0 Å². The fourth-order valence-corrected chi connectivity index (χ4v) is 0. The van der Waals surface area contributed by atoms with Gasteiger partial charge >= 0.3 is 9.05 Å². The third-order valence-corrected chi connectivity index (χ3v) is 0. The van der Waals surface area contributed by atoms with Gasteiger partial charge in [-0.15, -0.1) is 0 Å². The van der Waals surface area contributed by atoms with Crippen LogP contribution in [0.2, 0.25) is 0 Å². The molecule has 0 aromatic heterocycles. The minimum Gasteiger partial charge on any atom is -0.368 e. The molecule has 0 saturated carbocycles. The van der Waals surface area contributed by atoms with Gasteiger partial charge in [0.15, 0.2) is 0 Å². The van der Waals surface area contributed by atoms with Gasteiger partial charge in [0.25, 0.3) is 0 Å². The van der Waals surface area contributed by atoms with Crippen molar-refractivity contribution < 1.29 is 97.3 Å². The number of hydrogen-bond donors (Lipinski definition) is 4. The largest absolute Gasteiger partial charge is 0.668 e. The molecule has 0 spiro atoms. The quantitative estimate of drug-likeness (QED) is 0.327. The fraction of sp³-hybridized carbons (Fsp3) is 0. The molecule has 0 radical (unpaired) electrons. The van der Waals surface area contributed by atoms with Crippen LogP contribution in [-0.2, 0) is 0 Å². The number of rotatable bonds is 0. The number of hydrogen-bond acceptors (Lipinski definition) is 4. The summed E-state index contributed by atoms with van der Waals surface area (Å²) in [4.78, 5) is 29.3. The van der Waals surface area contributed by atoms with Crippen LogP contribution >= 0.6 is 0 Å². The van der Waals surface area contributed by atoms with E-state index in [1.807, 2.05) is 0 Å². The normalized spacial score (nSPS) is 8.57. The Morgan fingerprint density at radius 1 is 0.857 bits per heavy atom. The predicted octanol–water partition coefficient (Wildman–Crippen LogP) is -2.61. The SMILES string of the molecule is O[Si](O)(O)O.[Dy].[Gd]. The summed E-state index contributed by atoms with van der Waals surface area (Å²) in [5.74, 6) is 0. The van der Waals surface area contributed by atoms with Gasteiger partial charge in [0.1, 0.15) is 0 Å². The second-order valence-electron chi connectivity index (χ2n) is 0.600. The van der Waals surface area contributed by atoms with E-state index in [1.54, 1.807) is 0 Å². The molecule has 0 aliphatic heterocycles. The van der Waals surface area contributed by atoms with Crippen molar-refractivity contribution >= 4 is 9.05 Å². The van der Waals surface area contributed by atoms with Crippen LogP contribution in [0.1, 0.15) is 0 Å². The van der Waals surface area contributed by atoms with Crippen LogP contribution in [0.3, 0.4) is 0 Å². The first-order valence-electron chi connectivity index (χ1n) is 0.894. The van der Waals surface area contributed by atoms with Crippen molar-refractivity contribution in [3.8, 4) is 0 Å². The molecule has 4 N–H and O–H groups in total. The summed E-state index contributed by atoms with van der Waals surface area (Å²) in [5, 5.41) is 0. The summed E-state index contributed by atoms with van der Waals surface area (Å²) in [6.45, 7) is 0. The van der Waals surface area contributed by atoms with E-state index in [-0.39, 0.29) is 78.1 Å². The molecule has 0 amide bonds. The van der Waals surface area contributed by atoms with Crippen LogP contribution in [0.25, 0.3) is 0 Å². The van der Waals surface area contributed by atoms with Gasteiger partial charge in [0.2, 0.25) is 0 Å². The molecule has 0 heterocycles. The van der Waals surface area contributed by atoms with Crippen LogP contribution in [-0.4, -0.2) is 28.2 Å². The average molecular weight is 416 g/mol. The van der Waals surface area contributed by atoms with Crippen LogP contribution in [0.4, 0.5) is 0 Å². The molecule has 7 heavy (non-hydrogen) atoms. The van der Waals surface area contributed by atoms with E-state index in [9.17, 15) is 0 Å². The monoisotopic (exact) mass is 418 g/mol. The Balaban J connectivity index is -0.0000000800. The molecule has 0 unspecified atom stereocenters. The first-order chi connectivity index (χ1) is 2.00. The van der Waals surface area contributed by atoms with Gasteiger partial charge in [-0.2, -0.15) is 0 Å². The van der Waals surface area contributed by atoms with Gasteiger partial charge in [0.05, 0.1) is 0 Å². The molecule has 0 rings (SSSR count). The van der Waals surface area contributed by atoms with Gasteiger partial charge in [0, 0.05) is 78.1 Å². The van der Waals surface area contributed by atoms with Crippen LogP contribution < -0.4 is 0 Å². The minimum absolute atomic E-state index is 0. The van der Waals surface area contributed by atoms with Gasteiger partial charge in [-0.05, 0) is 0 Å². The molecule has 0 aliphatic carbocycles. The predicted molar refractivity (Wildman–Crippen MR) is 14.6 cm³/mol. The smallest absolute Gasteiger partial charge is 0.368 e. The zero-order chi connectivity index (χ0) is 4.50. The van der Waals surface area contributed by atoms with Gasteiger partial charge in [-0.25, -0.2) is 0 Å². The molecular formula is H4DyGdO4Si. The first-order valence-corrected chi connectivity index (χ1v) is 2.68. The summed E-state index contributed by atoms with van der Waals surface area (Å²) in [6.07, 6.45) is 0. The van der Waals surface area contributed by atoms with Crippen molar-refractivity contribution in [2.24, 2.45) is 0 Å². The molecule has 0 fully saturated rings. The molecule has 0 aliphatic rings. The Morgan fingerprint density at radius 3 is 0.857 bits per heavy atom. The zero-order valence-corrected chi connectivity index (χ0v) is 8.26. The molecular weight excluding hydrogens is 412 g/mol. The van der Waals surface area contributed by atoms with Crippen molar-refractivity contribution in [2.75, 3.05) is 0 Å². The Bertz CT molecular complexity index is 27.2. The Labute approximate surface area is 104 Å². The maximum atomic E-state index is 7.33. The van der Waals surface area contributed by atoms with Crippen LogP contribution in [0.5, 0.6) is 0 Å². The summed E-state index contributed by atoms with van der Waals surface area (Å²) in [5.41, 5.74) is 0. The van der Waals surface area contributed by atoms with E-state index >= 15 is 0 Å². The molecule has 50 valence electrons. The minimum atomic E-state index is -4.61. The maximum absolute atomic E-state index is 7.33. The van der Waals surface area contributed by atoms with E-state index in [2.05, 4.69) is 0 Å². The summed E-state index contributed by atoms with van der Waals surface area (Å²) >= 11 is 0. The second-order valence-corrected chi connectivity index (χ2v) is 1.80. The van der Waals surface area contributed by atoms with Crippen molar-refractivity contribution in [1.29, 1.82) is 0 Å². The molecule has 0 atom stereocenters. The molecule has 0 saturated heterocycles. The topological polar surface area (TPSA) is 80.9 Å². The van der Waals surface area contributed by atoms with Crippen LogP contribution in [0.15, 0.2) is 0 Å². The zero-order valence-electron chi connectivity index (χ0n) is 2.96. The Morgan fingerprint density at radius 2 is 0.857 bits per heavy atom. The maximum Gasteiger partial charge on any atom is 0.668 e. The molecule has 0 bridgehead atoms. The van der Waals surface area contributed by atoms with Crippen LogP contribution in [0, 0.1) is 78.1 Å².